The standard InChI is InChI=1S/2C3H4.C2H3P/c2*1-3-2;1-2-3/h2*1H,2H3;1H,3H2. The van der Waals surface area contributed by atoms with Crippen LogP contribution in [-0.4, -0.2) is 0 Å². The first-order valence-electron chi connectivity index (χ1n) is 2.15. The van der Waals surface area contributed by atoms with Crippen molar-refractivity contribution in [1.29, 1.82) is 0 Å². The Labute approximate surface area is 60.6 Å². The van der Waals surface area contributed by atoms with E-state index in [1.807, 2.05) is 0 Å². The second kappa shape index (κ2) is 59.6. The van der Waals surface area contributed by atoms with Crippen molar-refractivity contribution < 1.29 is 0 Å². The molecule has 0 aromatic carbocycles. The second-order valence-corrected chi connectivity index (χ2v) is 1.08. The van der Waals surface area contributed by atoms with Crippen molar-refractivity contribution >= 4 is 9.24 Å². The van der Waals surface area contributed by atoms with Gasteiger partial charge in [-0.25, -0.2) is 0 Å². The van der Waals surface area contributed by atoms with Crippen molar-refractivity contribution in [1.82, 2.24) is 0 Å². The lowest BCUT2D eigenvalue weighted by Gasteiger charge is -1.23. The van der Waals surface area contributed by atoms with Gasteiger partial charge in [0.1, 0.15) is 0 Å². The van der Waals surface area contributed by atoms with Crippen molar-refractivity contribution in [3.63, 3.8) is 0 Å². The van der Waals surface area contributed by atoms with Crippen LogP contribution in [-0.2, 0) is 0 Å². The minimum absolute atomic E-state index is 1.65. The van der Waals surface area contributed by atoms with Crippen LogP contribution >= 0.6 is 9.24 Å². The lowest BCUT2D eigenvalue weighted by Crippen LogP contribution is -1.10. The predicted octanol–water partition coefficient (Wildman–Crippen LogP) is 1.73. The molecular weight excluding hydrogens is 127 g/mol. The van der Waals surface area contributed by atoms with Crippen molar-refractivity contribution in [3.8, 4) is 36.8 Å². The average Bonchev–Trinajstić information content (AvgIpc) is 1.70. The van der Waals surface area contributed by atoms with Gasteiger partial charge < -0.3 is 0 Å². The molecule has 9 heavy (non-hydrogen) atoms. The summed E-state index contributed by atoms with van der Waals surface area (Å²) in [5.74, 6) is 4.50. The molecule has 0 N–H and O–H groups in total. The Morgan fingerprint density at radius 3 is 1.00 bits per heavy atom. The third kappa shape index (κ3) is 234. The fraction of sp³-hybridized carbons (Fsp3) is 0.250. The van der Waals surface area contributed by atoms with E-state index in [9.17, 15) is 0 Å². The van der Waals surface area contributed by atoms with Gasteiger partial charge in [0.25, 0.3) is 0 Å². The minimum Gasteiger partial charge on any atom is -0.120 e. The molecule has 1 unspecified atom stereocenters. The molecule has 0 aliphatic rings. The maximum absolute atomic E-state index is 4.60. The number of hydrogen-bond acceptors (Lipinski definition) is 0. The molecule has 0 aliphatic heterocycles. The van der Waals surface area contributed by atoms with E-state index in [1.54, 1.807) is 13.8 Å². The minimum atomic E-state index is 1.65. The quantitative estimate of drug-likeness (QED) is 0.353. The van der Waals surface area contributed by atoms with E-state index < -0.39 is 0 Å². The van der Waals surface area contributed by atoms with E-state index in [2.05, 4.69) is 46.0 Å². The summed E-state index contributed by atoms with van der Waals surface area (Å²) >= 11 is 0. The van der Waals surface area contributed by atoms with Gasteiger partial charge in [-0.3, -0.25) is 0 Å². The Kier molecular flexibility index (Phi) is 104. The molecule has 0 heterocycles. The molecule has 0 spiro atoms. The molecule has 1 heteroatoms. The number of rotatable bonds is 0. The topological polar surface area (TPSA) is 0 Å². The van der Waals surface area contributed by atoms with Crippen molar-refractivity contribution in [2.75, 3.05) is 0 Å². The summed E-state index contributed by atoms with van der Waals surface area (Å²) in [7, 11) is 2.11. The molecule has 0 aromatic rings. The second-order valence-electron chi connectivity index (χ2n) is 0.744. The first-order chi connectivity index (χ1) is 4.24. The molecule has 0 aliphatic carbocycles. The van der Waals surface area contributed by atoms with Gasteiger partial charge in [0.15, 0.2) is 0 Å². The van der Waals surface area contributed by atoms with E-state index in [-0.39, 0.29) is 0 Å². The Balaban J connectivity index is -0.0000000600. The Morgan fingerprint density at radius 2 is 1.00 bits per heavy atom. The zero-order valence-corrected chi connectivity index (χ0v) is 6.96. The highest BCUT2D eigenvalue weighted by molar-refractivity contribution is 7.23. The molecule has 0 saturated heterocycles. The van der Waals surface area contributed by atoms with Crippen LogP contribution in [0.2, 0.25) is 0 Å². The van der Waals surface area contributed by atoms with Gasteiger partial charge in [0.2, 0.25) is 0 Å². The van der Waals surface area contributed by atoms with E-state index in [0.29, 0.717) is 0 Å². The van der Waals surface area contributed by atoms with Crippen molar-refractivity contribution in [2.45, 2.75) is 13.8 Å². The molecule has 0 amide bonds. The Morgan fingerprint density at radius 1 is 1.00 bits per heavy atom. The van der Waals surface area contributed by atoms with E-state index in [4.69, 9.17) is 0 Å². The van der Waals surface area contributed by atoms with Crippen LogP contribution in [0.3, 0.4) is 0 Å². The lowest BCUT2D eigenvalue weighted by atomic mass is 10.9. The van der Waals surface area contributed by atoms with Gasteiger partial charge in [-0.05, 0) is 13.8 Å². The smallest absolute Gasteiger partial charge is 0.00297 e. The van der Waals surface area contributed by atoms with Gasteiger partial charge in [0.05, 0.1) is 0 Å². The van der Waals surface area contributed by atoms with Crippen LogP contribution < -0.4 is 0 Å². The summed E-state index contributed by atoms with van der Waals surface area (Å²) in [5, 5.41) is 0. The monoisotopic (exact) mass is 138 g/mol. The molecule has 0 aromatic heterocycles. The molecule has 0 rings (SSSR count). The fourth-order valence-electron chi connectivity index (χ4n) is 0. The van der Waals surface area contributed by atoms with Crippen LogP contribution in [0.1, 0.15) is 13.8 Å². The molecule has 0 saturated carbocycles. The maximum Gasteiger partial charge on any atom is -0.00297 e. The molecular formula is C8H11P. The van der Waals surface area contributed by atoms with Crippen LogP contribution in [0, 0.1) is 36.8 Å². The van der Waals surface area contributed by atoms with Crippen LogP contribution in [0.4, 0.5) is 0 Å². The summed E-state index contributed by atoms with van der Waals surface area (Å²) in [6.45, 7) is 3.31. The molecule has 1 atom stereocenters. The lowest BCUT2D eigenvalue weighted by molar-refractivity contribution is 1.94. The third-order valence-electron chi connectivity index (χ3n) is 0. The van der Waals surface area contributed by atoms with E-state index >= 15 is 0 Å². The highest BCUT2D eigenvalue weighted by Crippen LogP contribution is 1.59. The zero-order valence-electron chi connectivity index (χ0n) is 5.81. The number of terminal acetylenes is 3. The molecule has 0 fully saturated rings. The van der Waals surface area contributed by atoms with Gasteiger partial charge in [0, 0.05) is 0 Å². The van der Waals surface area contributed by atoms with E-state index in [1.165, 1.54) is 0 Å². The third-order valence-corrected chi connectivity index (χ3v) is 0. The SMILES string of the molecule is C#CC.C#CC.C#CP. The zero-order chi connectivity index (χ0) is 8.12. The predicted molar refractivity (Wildman–Crippen MR) is 47.6 cm³/mol. The van der Waals surface area contributed by atoms with Crippen molar-refractivity contribution in [3.05, 3.63) is 0 Å². The highest BCUT2D eigenvalue weighted by atomic mass is 31.0. The van der Waals surface area contributed by atoms with Crippen LogP contribution in [0.5, 0.6) is 0 Å². The van der Waals surface area contributed by atoms with Crippen LogP contribution in [0.15, 0.2) is 0 Å². The first-order valence-corrected chi connectivity index (χ1v) is 2.73. The van der Waals surface area contributed by atoms with Gasteiger partial charge in [-0.2, -0.15) is 0 Å². The van der Waals surface area contributed by atoms with E-state index in [0.717, 1.165) is 0 Å². The van der Waals surface area contributed by atoms with Gasteiger partial charge in [-0.1, -0.05) is 14.9 Å². The summed E-state index contributed by atoms with van der Waals surface area (Å²) < 4.78 is 0. The Hall–Kier alpha value is -0.890. The van der Waals surface area contributed by atoms with Crippen molar-refractivity contribution in [2.24, 2.45) is 0 Å². The fourth-order valence-corrected chi connectivity index (χ4v) is 0. The first kappa shape index (κ1) is 15.7. The summed E-state index contributed by atoms with van der Waals surface area (Å²) in [6.07, 6.45) is 13.8. The largest absolute Gasteiger partial charge is 0.120 e. The molecule has 0 radical (unpaired) electrons. The Bertz CT molecular complexity index is 97.6. The molecule has 0 bridgehead atoms. The molecule has 0 nitrogen and oxygen atoms in total. The van der Waals surface area contributed by atoms with Gasteiger partial charge in [-0.15, -0.1) is 31.1 Å². The normalized spacial score (nSPS) is 2.67. The highest BCUT2D eigenvalue weighted by Gasteiger charge is 1.09. The maximum atomic E-state index is 4.60. The average molecular weight is 138 g/mol. The molecule has 48 valence electrons. The summed E-state index contributed by atoms with van der Waals surface area (Å²) in [5.41, 5.74) is 2.17. The summed E-state index contributed by atoms with van der Waals surface area (Å²) in [4.78, 5) is 0. The number of hydrogen-bond donors (Lipinski definition) is 0. The van der Waals surface area contributed by atoms with Gasteiger partial charge >= 0.3 is 0 Å². The summed E-state index contributed by atoms with van der Waals surface area (Å²) in [6, 6.07) is 0. The van der Waals surface area contributed by atoms with Crippen LogP contribution in [0.25, 0.3) is 0 Å².